The van der Waals surface area contributed by atoms with Crippen LogP contribution in [0.25, 0.3) is 11.1 Å². The molecule has 0 saturated carbocycles. The summed E-state index contributed by atoms with van der Waals surface area (Å²) in [6, 6.07) is 18.9. The minimum absolute atomic E-state index is 0.315. The van der Waals surface area contributed by atoms with E-state index >= 15 is 0 Å². The Hall–Kier alpha value is -4.39. The first-order valence-electron chi connectivity index (χ1n) is 9.95. The van der Waals surface area contributed by atoms with Gasteiger partial charge in [0, 0.05) is 6.08 Å². The molecule has 0 aliphatic heterocycles. The van der Waals surface area contributed by atoms with Crippen molar-refractivity contribution in [2.75, 3.05) is 13.9 Å². The van der Waals surface area contributed by atoms with Crippen molar-refractivity contribution in [2.24, 2.45) is 0 Å². The Morgan fingerprint density at radius 2 is 1.42 bits per heavy atom. The Kier molecular flexibility index (Phi) is 7.60. The lowest BCUT2D eigenvalue weighted by Gasteiger charge is -2.10. The number of hydrogen-bond donors (Lipinski definition) is 0. The van der Waals surface area contributed by atoms with Crippen molar-refractivity contribution in [3.05, 3.63) is 96.1 Å². The molecule has 0 atom stereocenters. The molecule has 0 bridgehead atoms. The van der Waals surface area contributed by atoms with E-state index in [9.17, 15) is 14.4 Å². The minimum Gasteiger partial charge on any atom is -0.497 e. The molecule has 0 saturated heterocycles. The van der Waals surface area contributed by atoms with Crippen LogP contribution in [0.1, 0.15) is 26.3 Å². The highest BCUT2D eigenvalue weighted by Gasteiger charge is 2.12. The number of hydrogen-bond acceptors (Lipinski definition) is 7. The van der Waals surface area contributed by atoms with Crippen LogP contribution in [0.5, 0.6) is 11.5 Å². The smallest absolute Gasteiger partial charge is 0.343 e. The maximum absolute atomic E-state index is 12.4. The average Bonchev–Trinajstić information content (AvgIpc) is 2.85. The molecule has 0 aromatic heterocycles. The molecule has 0 unspecified atom stereocenters. The summed E-state index contributed by atoms with van der Waals surface area (Å²) in [5, 5.41) is 0. The standard InChI is InChI=1S/C26H22O7/c1-4-24(27)31-16-32-25(28)19-7-5-18(6-8-19)21-11-14-23(17(2)15-21)33-26(29)20-9-12-22(30-3)13-10-20/h4-15H,1,16H2,2-3H3. The van der Waals surface area contributed by atoms with Crippen molar-refractivity contribution >= 4 is 17.9 Å². The Bertz CT molecular complexity index is 1160. The third kappa shape index (κ3) is 6.07. The van der Waals surface area contributed by atoms with Crippen molar-refractivity contribution in [1.82, 2.24) is 0 Å². The van der Waals surface area contributed by atoms with E-state index in [1.807, 2.05) is 19.1 Å². The van der Waals surface area contributed by atoms with Crippen LogP contribution in [0.15, 0.2) is 79.4 Å². The van der Waals surface area contributed by atoms with Crippen molar-refractivity contribution in [1.29, 1.82) is 0 Å². The highest BCUT2D eigenvalue weighted by molar-refractivity contribution is 5.92. The molecule has 0 amide bonds. The van der Waals surface area contributed by atoms with Gasteiger partial charge in [-0.2, -0.15) is 0 Å². The second kappa shape index (κ2) is 10.8. The fourth-order valence-electron chi connectivity index (χ4n) is 2.91. The van der Waals surface area contributed by atoms with Crippen LogP contribution in [0.2, 0.25) is 0 Å². The Balaban J connectivity index is 1.65. The quantitative estimate of drug-likeness (QED) is 0.214. The van der Waals surface area contributed by atoms with Crippen molar-refractivity contribution in [3.63, 3.8) is 0 Å². The molecule has 0 radical (unpaired) electrons. The molecule has 0 fully saturated rings. The molecule has 7 nitrogen and oxygen atoms in total. The van der Waals surface area contributed by atoms with Gasteiger partial charge in [0.2, 0.25) is 6.79 Å². The summed E-state index contributed by atoms with van der Waals surface area (Å²) in [5.41, 5.74) is 3.26. The van der Waals surface area contributed by atoms with Crippen LogP contribution in [-0.4, -0.2) is 31.8 Å². The van der Waals surface area contributed by atoms with Gasteiger partial charge in [0.1, 0.15) is 11.5 Å². The number of ether oxygens (including phenoxy) is 4. The predicted octanol–water partition coefficient (Wildman–Crippen LogP) is 4.73. The highest BCUT2D eigenvalue weighted by Crippen LogP contribution is 2.27. The molecule has 33 heavy (non-hydrogen) atoms. The average molecular weight is 446 g/mol. The first-order valence-corrected chi connectivity index (χ1v) is 9.95. The summed E-state index contributed by atoms with van der Waals surface area (Å²) in [5.74, 6) is -0.645. The molecule has 3 aromatic carbocycles. The SMILES string of the molecule is C=CC(=O)OCOC(=O)c1ccc(-c2ccc(OC(=O)c3ccc(OC)cc3)c(C)c2)cc1. The summed E-state index contributed by atoms with van der Waals surface area (Å²) in [6.07, 6.45) is 0.982. The van der Waals surface area contributed by atoms with E-state index in [4.69, 9.17) is 14.2 Å². The summed E-state index contributed by atoms with van der Waals surface area (Å²) >= 11 is 0. The number of carbonyl (C=O) groups excluding carboxylic acids is 3. The number of carbonyl (C=O) groups is 3. The van der Waals surface area contributed by atoms with Crippen LogP contribution in [0, 0.1) is 6.92 Å². The zero-order valence-electron chi connectivity index (χ0n) is 18.2. The fraction of sp³-hybridized carbons (Fsp3) is 0.115. The maximum Gasteiger partial charge on any atom is 0.343 e. The molecule has 0 heterocycles. The second-order valence-corrected chi connectivity index (χ2v) is 6.89. The predicted molar refractivity (Wildman–Crippen MR) is 121 cm³/mol. The topological polar surface area (TPSA) is 88.1 Å². The van der Waals surface area contributed by atoms with Gasteiger partial charge >= 0.3 is 17.9 Å². The lowest BCUT2D eigenvalue weighted by molar-refractivity contribution is -0.146. The summed E-state index contributed by atoms with van der Waals surface area (Å²) in [6.45, 7) is 4.62. The number of methoxy groups -OCH3 is 1. The molecule has 168 valence electrons. The summed E-state index contributed by atoms with van der Waals surface area (Å²) in [7, 11) is 1.56. The van der Waals surface area contributed by atoms with Crippen LogP contribution >= 0.6 is 0 Å². The Morgan fingerprint density at radius 1 is 0.818 bits per heavy atom. The van der Waals surface area contributed by atoms with E-state index in [2.05, 4.69) is 11.3 Å². The summed E-state index contributed by atoms with van der Waals surface area (Å²) in [4.78, 5) is 35.4. The number of benzene rings is 3. The van der Waals surface area contributed by atoms with Gasteiger partial charge in [-0.25, -0.2) is 14.4 Å². The van der Waals surface area contributed by atoms with Gasteiger partial charge in [-0.05, 0) is 72.1 Å². The van der Waals surface area contributed by atoms with Crippen molar-refractivity contribution in [3.8, 4) is 22.6 Å². The number of aryl methyl sites for hydroxylation is 1. The first kappa shape index (κ1) is 23.3. The molecule has 3 rings (SSSR count). The van der Waals surface area contributed by atoms with Crippen LogP contribution in [0.4, 0.5) is 0 Å². The highest BCUT2D eigenvalue weighted by atomic mass is 16.7. The van der Waals surface area contributed by atoms with Crippen LogP contribution < -0.4 is 9.47 Å². The molecule has 0 aliphatic carbocycles. The van der Waals surface area contributed by atoms with E-state index in [1.54, 1.807) is 61.7 Å². The maximum atomic E-state index is 12.4. The fourth-order valence-corrected chi connectivity index (χ4v) is 2.91. The van der Waals surface area contributed by atoms with Crippen molar-refractivity contribution in [2.45, 2.75) is 6.92 Å². The van der Waals surface area contributed by atoms with E-state index < -0.39 is 24.7 Å². The van der Waals surface area contributed by atoms with E-state index in [0.717, 1.165) is 22.8 Å². The minimum atomic E-state index is -0.674. The molecular weight excluding hydrogens is 424 g/mol. The van der Waals surface area contributed by atoms with Gasteiger partial charge in [0.25, 0.3) is 0 Å². The lowest BCUT2D eigenvalue weighted by atomic mass is 10.0. The molecule has 0 aliphatic rings. The van der Waals surface area contributed by atoms with Gasteiger partial charge in [-0.3, -0.25) is 0 Å². The Labute approximate surface area is 191 Å². The third-order valence-corrected chi connectivity index (χ3v) is 4.72. The molecule has 0 N–H and O–H groups in total. The van der Waals surface area contributed by atoms with Gasteiger partial charge < -0.3 is 18.9 Å². The first-order chi connectivity index (χ1) is 15.9. The lowest BCUT2D eigenvalue weighted by Crippen LogP contribution is -2.11. The number of rotatable bonds is 8. The van der Waals surface area contributed by atoms with Gasteiger partial charge in [-0.15, -0.1) is 0 Å². The monoisotopic (exact) mass is 446 g/mol. The van der Waals surface area contributed by atoms with Gasteiger partial charge in [0.05, 0.1) is 18.2 Å². The zero-order valence-corrected chi connectivity index (χ0v) is 18.2. The van der Waals surface area contributed by atoms with Crippen LogP contribution in [0.3, 0.4) is 0 Å². The normalized spacial score (nSPS) is 10.1. The summed E-state index contributed by atoms with van der Waals surface area (Å²) < 4.78 is 20.1. The zero-order chi connectivity index (χ0) is 23.8. The number of esters is 3. The largest absolute Gasteiger partial charge is 0.497 e. The Morgan fingerprint density at radius 3 is 2.03 bits per heavy atom. The molecular formula is C26H22O7. The molecule has 7 heteroatoms. The van der Waals surface area contributed by atoms with E-state index in [0.29, 0.717) is 22.6 Å². The molecule has 0 spiro atoms. The second-order valence-electron chi connectivity index (χ2n) is 6.89. The van der Waals surface area contributed by atoms with Gasteiger partial charge in [-0.1, -0.05) is 24.8 Å². The van der Waals surface area contributed by atoms with E-state index in [-0.39, 0.29) is 0 Å². The van der Waals surface area contributed by atoms with Gasteiger partial charge in [0.15, 0.2) is 0 Å². The third-order valence-electron chi connectivity index (χ3n) is 4.72. The molecule has 3 aromatic rings. The van der Waals surface area contributed by atoms with Crippen molar-refractivity contribution < 1.29 is 33.3 Å². The van der Waals surface area contributed by atoms with E-state index in [1.165, 1.54) is 0 Å². The van der Waals surface area contributed by atoms with Crippen LogP contribution in [-0.2, 0) is 14.3 Å².